The zero-order chi connectivity index (χ0) is 14.8. The lowest BCUT2D eigenvalue weighted by Crippen LogP contribution is -2.29. The smallest absolute Gasteiger partial charge is 0.234 e. The highest BCUT2D eigenvalue weighted by atomic mass is 32.2. The number of nitrogens with one attached hydrogen (secondary N) is 2. The van der Waals surface area contributed by atoms with Gasteiger partial charge in [-0.2, -0.15) is 0 Å². The standard InChI is InChI=1S/C15H19N3O2S/c16-7-9-2-1-3-11(9)15(20)17-10-4-5-13-12(6-10)18-14(19)8-21-13/h4-6,9,11H,1-3,7-8,16H2,(H,17,20)(H,18,19)/t9-,11-/m1/s1. The van der Waals surface area contributed by atoms with Crippen LogP contribution in [0.5, 0.6) is 0 Å². The second-order valence-electron chi connectivity index (χ2n) is 5.57. The summed E-state index contributed by atoms with van der Waals surface area (Å²) in [7, 11) is 0. The summed E-state index contributed by atoms with van der Waals surface area (Å²) in [5.74, 6) is 0.777. The summed E-state index contributed by atoms with van der Waals surface area (Å²) >= 11 is 1.51. The van der Waals surface area contributed by atoms with Crippen molar-refractivity contribution in [1.29, 1.82) is 0 Å². The van der Waals surface area contributed by atoms with Gasteiger partial charge < -0.3 is 16.4 Å². The van der Waals surface area contributed by atoms with Crippen molar-refractivity contribution in [2.24, 2.45) is 17.6 Å². The minimum absolute atomic E-state index is 0.00466. The van der Waals surface area contributed by atoms with Gasteiger partial charge in [-0.1, -0.05) is 6.42 Å². The average Bonchev–Trinajstić information content (AvgIpc) is 2.95. The number of hydrogen-bond donors (Lipinski definition) is 3. The Morgan fingerprint density at radius 3 is 3.10 bits per heavy atom. The predicted molar refractivity (Wildman–Crippen MR) is 84.3 cm³/mol. The molecule has 0 aromatic heterocycles. The molecule has 0 radical (unpaired) electrons. The predicted octanol–water partition coefficient (Wildman–Crippen LogP) is 2.04. The minimum atomic E-state index is -0.00466. The molecule has 1 saturated carbocycles. The number of carbonyl (C=O) groups excluding carboxylic acids is 2. The largest absolute Gasteiger partial charge is 0.330 e. The van der Waals surface area contributed by atoms with E-state index in [1.807, 2.05) is 18.2 Å². The van der Waals surface area contributed by atoms with Crippen LogP contribution in [0.2, 0.25) is 0 Å². The number of anilines is 2. The third kappa shape index (κ3) is 3.06. The van der Waals surface area contributed by atoms with E-state index in [0.29, 0.717) is 12.3 Å². The first kappa shape index (κ1) is 14.4. The zero-order valence-corrected chi connectivity index (χ0v) is 12.5. The molecular formula is C15H19N3O2S. The fraction of sp³-hybridized carbons (Fsp3) is 0.467. The van der Waals surface area contributed by atoms with Gasteiger partial charge in [-0.25, -0.2) is 0 Å². The second-order valence-corrected chi connectivity index (χ2v) is 6.59. The summed E-state index contributed by atoms with van der Waals surface area (Å²) in [4.78, 5) is 24.8. The lowest BCUT2D eigenvalue weighted by molar-refractivity contribution is -0.120. The first-order valence-electron chi connectivity index (χ1n) is 7.25. The van der Waals surface area contributed by atoms with Gasteiger partial charge in [0, 0.05) is 16.5 Å². The maximum absolute atomic E-state index is 12.4. The molecule has 112 valence electrons. The maximum Gasteiger partial charge on any atom is 0.234 e. The Morgan fingerprint density at radius 1 is 1.43 bits per heavy atom. The van der Waals surface area contributed by atoms with E-state index in [-0.39, 0.29) is 23.7 Å². The van der Waals surface area contributed by atoms with E-state index in [4.69, 9.17) is 5.73 Å². The average molecular weight is 305 g/mol. The quantitative estimate of drug-likeness (QED) is 0.798. The van der Waals surface area contributed by atoms with Crippen molar-refractivity contribution in [1.82, 2.24) is 0 Å². The number of benzene rings is 1. The van der Waals surface area contributed by atoms with Crippen LogP contribution in [0.3, 0.4) is 0 Å². The third-order valence-electron chi connectivity index (χ3n) is 4.18. The molecule has 0 bridgehead atoms. The van der Waals surface area contributed by atoms with E-state index in [9.17, 15) is 9.59 Å². The molecule has 2 aliphatic rings. The number of thioether (sulfide) groups is 1. The summed E-state index contributed by atoms with van der Waals surface area (Å²) in [6.07, 6.45) is 3.01. The number of fused-ring (bicyclic) bond motifs is 1. The van der Waals surface area contributed by atoms with E-state index >= 15 is 0 Å². The van der Waals surface area contributed by atoms with Crippen molar-refractivity contribution in [2.75, 3.05) is 22.9 Å². The fourth-order valence-corrected chi connectivity index (χ4v) is 3.85. The van der Waals surface area contributed by atoms with Crippen molar-refractivity contribution in [2.45, 2.75) is 24.2 Å². The van der Waals surface area contributed by atoms with Crippen molar-refractivity contribution in [3.63, 3.8) is 0 Å². The zero-order valence-electron chi connectivity index (χ0n) is 11.7. The van der Waals surface area contributed by atoms with Crippen molar-refractivity contribution < 1.29 is 9.59 Å². The Kier molecular flexibility index (Phi) is 4.17. The van der Waals surface area contributed by atoms with Crippen LogP contribution >= 0.6 is 11.8 Å². The van der Waals surface area contributed by atoms with Gasteiger partial charge in [0.05, 0.1) is 11.4 Å². The molecule has 5 nitrogen and oxygen atoms in total. The summed E-state index contributed by atoms with van der Waals surface area (Å²) in [6.45, 7) is 0.564. The van der Waals surface area contributed by atoms with Gasteiger partial charge in [0.2, 0.25) is 11.8 Å². The molecule has 0 spiro atoms. The van der Waals surface area contributed by atoms with E-state index in [2.05, 4.69) is 10.6 Å². The van der Waals surface area contributed by atoms with E-state index < -0.39 is 0 Å². The van der Waals surface area contributed by atoms with Crippen LogP contribution in [0.1, 0.15) is 19.3 Å². The molecule has 21 heavy (non-hydrogen) atoms. The summed E-state index contributed by atoms with van der Waals surface area (Å²) in [5, 5.41) is 5.79. The minimum Gasteiger partial charge on any atom is -0.330 e. The summed E-state index contributed by atoms with van der Waals surface area (Å²) < 4.78 is 0. The molecule has 2 atom stereocenters. The molecule has 0 saturated heterocycles. The molecule has 1 fully saturated rings. The number of nitrogens with two attached hydrogens (primary N) is 1. The molecule has 0 unspecified atom stereocenters. The molecule has 1 aliphatic carbocycles. The van der Waals surface area contributed by atoms with E-state index in [1.54, 1.807) is 0 Å². The summed E-state index contributed by atoms with van der Waals surface area (Å²) in [5.41, 5.74) is 7.23. The second kappa shape index (κ2) is 6.07. The Balaban J connectivity index is 1.72. The molecule has 1 aliphatic heterocycles. The van der Waals surface area contributed by atoms with Crippen LogP contribution in [0.25, 0.3) is 0 Å². The topological polar surface area (TPSA) is 84.2 Å². The van der Waals surface area contributed by atoms with Crippen LogP contribution in [0.15, 0.2) is 23.1 Å². The molecule has 1 heterocycles. The monoisotopic (exact) mass is 305 g/mol. The lowest BCUT2D eigenvalue weighted by atomic mass is 9.95. The molecule has 1 aromatic carbocycles. The number of carbonyl (C=O) groups is 2. The lowest BCUT2D eigenvalue weighted by Gasteiger charge is -2.20. The maximum atomic E-state index is 12.4. The molecule has 3 rings (SSSR count). The SMILES string of the molecule is NC[C@H]1CCC[C@H]1C(=O)Nc1ccc2c(c1)NC(=O)CS2. The molecule has 4 N–H and O–H groups in total. The van der Waals surface area contributed by atoms with Gasteiger partial charge in [-0.15, -0.1) is 11.8 Å². The number of hydrogen-bond acceptors (Lipinski definition) is 4. The molecule has 2 amide bonds. The Bertz CT molecular complexity index is 576. The van der Waals surface area contributed by atoms with Gasteiger partial charge in [0.25, 0.3) is 0 Å². The van der Waals surface area contributed by atoms with Gasteiger partial charge >= 0.3 is 0 Å². The molecule has 1 aromatic rings. The molecule has 6 heteroatoms. The van der Waals surface area contributed by atoms with E-state index in [1.165, 1.54) is 11.8 Å². The van der Waals surface area contributed by atoms with Crippen LogP contribution in [0, 0.1) is 11.8 Å². The van der Waals surface area contributed by atoms with Crippen LogP contribution < -0.4 is 16.4 Å². The summed E-state index contributed by atoms with van der Waals surface area (Å²) in [6, 6.07) is 5.64. The Labute approximate surface area is 128 Å². The highest BCUT2D eigenvalue weighted by molar-refractivity contribution is 8.00. The van der Waals surface area contributed by atoms with Crippen molar-refractivity contribution >= 4 is 35.0 Å². The van der Waals surface area contributed by atoms with Gasteiger partial charge in [0.15, 0.2) is 0 Å². The Hall–Kier alpha value is -1.53. The highest BCUT2D eigenvalue weighted by Crippen LogP contribution is 2.35. The fourth-order valence-electron chi connectivity index (χ4n) is 3.06. The first-order chi connectivity index (χ1) is 10.2. The first-order valence-corrected chi connectivity index (χ1v) is 8.23. The van der Waals surface area contributed by atoms with Crippen LogP contribution in [-0.4, -0.2) is 24.1 Å². The number of rotatable bonds is 3. The number of amides is 2. The molecular weight excluding hydrogens is 286 g/mol. The van der Waals surface area contributed by atoms with Crippen molar-refractivity contribution in [3.05, 3.63) is 18.2 Å². The van der Waals surface area contributed by atoms with Crippen molar-refractivity contribution in [3.8, 4) is 0 Å². The third-order valence-corrected chi connectivity index (χ3v) is 5.25. The van der Waals surface area contributed by atoms with Crippen LogP contribution in [-0.2, 0) is 9.59 Å². The Morgan fingerprint density at radius 2 is 2.29 bits per heavy atom. The highest BCUT2D eigenvalue weighted by Gasteiger charge is 2.32. The van der Waals surface area contributed by atoms with Gasteiger partial charge in [0.1, 0.15) is 0 Å². The van der Waals surface area contributed by atoms with Gasteiger partial charge in [-0.05, 0) is 43.5 Å². The van der Waals surface area contributed by atoms with Gasteiger partial charge in [-0.3, -0.25) is 9.59 Å². The van der Waals surface area contributed by atoms with E-state index in [0.717, 1.165) is 35.5 Å². The normalized spacial score (nSPS) is 24.3. The van der Waals surface area contributed by atoms with Crippen LogP contribution in [0.4, 0.5) is 11.4 Å².